The topological polar surface area (TPSA) is 40.5 Å². The van der Waals surface area contributed by atoms with Gasteiger partial charge in [-0.1, -0.05) is 63.5 Å². The lowest BCUT2D eigenvalue weighted by molar-refractivity contribution is 0.0940. The van der Waals surface area contributed by atoms with Crippen LogP contribution in [0, 0.1) is 23.2 Å². The first kappa shape index (κ1) is 19.9. The third kappa shape index (κ3) is 3.73. The molecule has 0 unspecified atom stereocenters. The van der Waals surface area contributed by atoms with E-state index >= 15 is 0 Å². The van der Waals surface area contributed by atoms with Crippen molar-refractivity contribution in [1.82, 2.24) is 0 Å². The van der Waals surface area contributed by atoms with Gasteiger partial charge in [0.2, 0.25) is 0 Å². The molecule has 6 atom stereocenters. The lowest BCUT2D eigenvalue weighted by atomic mass is 9.61. The van der Waals surface area contributed by atoms with Gasteiger partial charge in [-0.05, 0) is 73.7 Å². The summed E-state index contributed by atoms with van der Waals surface area (Å²) < 4.78 is 0. The molecule has 3 saturated carbocycles. The minimum absolute atomic E-state index is 0.469. The van der Waals surface area contributed by atoms with E-state index in [0.29, 0.717) is 23.8 Å². The largest absolute Gasteiger partial charge is 0.388 e. The van der Waals surface area contributed by atoms with Crippen LogP contribution in [-0.2, 0) is 0 Å². The van der Waals surface area contributed by atoms with Gasteiger partial charge in [0, 0.05) is 0 Å². The second-order valence-corrected chi connectivity index (χ2v) is 9.44. The number of rotatable bonds is 4. The standard InChI is InChI=1S/C24H38O2/c1-5-7-16(2)20-11-12-21-19(8-6-13-24(20,21)4)10-9-18-14-22(25)17(3)23(26)15-18/h9-10,16,20-23,25-26H,3,5-8,11-15H2,1-2,4H3/b19-10+/t16-,20+,21-,22+,23+,24+/m0/s1. The predicted octanol–water partition coefficient (Wildman–Crippen LogP) is 5.56. The van der Waals surface area contributed by atoms with E-state index in [1.165, 1.54) is 44.9 Å². The summed E-state index contributed by atoms with van der Waals surface area (Å²) in [6.07, 6.45) is 13.9. The molecule has 0 saturated heterocycles. The fourth-order valence-electron chi connectivity index (χ4n) is 6.30. The Morgan fingerprint density at radius 1 is 1.19 bits per heavy atom. The fourth-order valence-corrected chi connectivity index (χ4v) is 6.30. The molecular formula is C24H38O2. The van der Waals surface area contributed by atoms with Gasteiger partial charge in [0.1, 0.15) is 0 Å². The van der Waals surface area contributed by atoms with Gasteiger partial charge < -0.3 is 10.2 Å². The summed E-state index contributed by atoms with van der Waals surface area (Å²) in [4.78, 5) is 0. The maximum Gasteiger partial charge on any atom is 0.0809 e. The van der Waals surface area contributed by atoms with Crippen LogP contribution in [0.25, 0.3) is 0 Å². The van der Waals surface area contributed by atoms with E-state index in [2.05, 4.69) is 39.5 Å². The van der Waals surface area contributed by atoms with Gasteiger partial charge >= 0.3 is 0 Å². The molecule has 3 rings (SSSR count). The van der Waals surface area contributed by atoms with Crippen LogP contribution in [0.2, 0.25) is 0 Å². The highest BCUT2D eigenvalue weighted by atomic mass is 16.3. The first-order valence-corrected chi connectivity index (χ1v) is 10.8. The van der Waals surface area contributed by atoms with Crippen molar-refractivity contribution in [3.05, 3.63) is 35.5 Å². The van der Waals surface area contributed by atoms with E-state index in [9.17, 15) is 10.2 Å². The average Bonchev–Trinajstić information content (AvgIpc) is 2.95. The Kier molecular flexibility index (Phi) is 6.14. The third-order valence-electron chi connectivity index (χ3n) is 7.77. The zero-order valence-corrected chi connectivity index (χ0v) is 17.0. The van der Waals surface area contributed by atoms with Crippen LogP contribution in [0.3, 0.4) is 0 Å². The SMILES string of the molecule is C=C1[C@H](O)CC(=C/C=C2\CCC[C@]3(C)[C@@H]([C@@H](C)CCC)CC[C@@H]23)C[C@H]1O. The van der Waals surface area contributed by atoms with Gasteiger partial charge in [-0.2, -0.15) is 0 Å². The first-order chi connectivity index (χ1) is 12.4. The van der Waals surface area contributed by atoms with Crippen molar-refractivity contribution >= 4 is 0 Å². The highest BCUT2D eigenvalue weighted by Gasteiger charge is 2.50. The van der Waals surface area contributed by atoms with E-state index in [-0.39, 0.29) is 0 Å². The Labute approximate surface area is 160 Å². The molecule has 0 aromatic carbocycles. The summed E-state index contributed by atoms with van der Waals surface area (Å²) in [6, 6.07) is 0. The van der Waals surface area contributed by atoms with Gasteiger partial charge in [0.25, 0.3) is 0 Å². The maximum absolute atomic E-state index is 10.1. The van der Waals surface area contributed by atoms with E-state index in [1.807, 2.05) is 0 Å². The molecule has 0 aromatic rings. The molecule has 146 valence electrons. The van der Waals surface area contributed by atoms with Crippen molar-refractivity contribution in [2.45, 2.75) is 90.8 Å². The lowest BCUT2D eigenvalue weighted by Gasteiger charge is -2.44. The van der Waals surface area contributed by atoms with Crippen molar-refractivity contribution in [3.63, 3.8) is 0 Å². The Morgan fingerprint density at radius 2 is 1.88 bits per heavy atom. The van der Waals surface area contributed by atoms with Crippen molar-refractivity contribution in [1.29, 1.82) is 0 Å². The van der Waals surface area contributed by atoms with E-state index in [1.54, 1.807) is 5.57 Å². The number of aliphatic hydroxyl groups excluding tert-OH is 2. The van der Waals surface area contributed by atoms with E-state index in [0.717, 1.165) is 23.3 Å². The molecule has 3 aliphatic rings. The Hall–Kier alpha value is -0.860. The summed E-state index contributed by atoms with van der Waals surface area (Å²) in [7, 11) is 0. The van der Waals surface area contributed by atoms with Crippen LogP contribution in [0.5, 0.6) is 0 Å². The Balaban J connectivity index is 1.76. The molecule has 3 fully saturated rings. The maximum atomic E-state index is 10.1. The van der Waals surface area contributed by atoms with Gasteiger partial charge in [-0.3, -0.25) is 0 Å². The van der Waals surface area contributed by atoms with Crippen LogP contribution in [0.15, 0.2) is 35.5 Å². The van der Waals surface area contributed by atoms with Crippen LogP contribution < -0.4 is 0 Å². The Bertz CT molecular complexity index is 571. The summed E-state index contributed by atoms with van der Waals surface area (Å²) in [5.74, 6) is 2.43. The van der Waals surface area contributed by atoms with Crippen LogP contribution in [-0.4, -0.2) is 22.4 Å². The molecular weight excluding hydrogens is 320 g/mol. The molecule has 0 aliphatic heterocycles. The van der Waals surface area contributed by atoms with Crippen LogP contribution in [0.4, 0.5) is 0 Å². The summed E-state index contributed by atoms with van der Waals surface area (Å²) in [6.45, 7) is 11.1. The van der Waals surface area contributed by atoms with Crippen molar-refractivity contribution in [3.8, 4) is 0 Å². The van der Waals surface area contributed by atoms with Crippen molar-refractivity contribution in [2.75, 3.05) is 0 Å². The summed E-state index contributed by atoms with van der Waals surface area (Å²) in [5, 5.41) is 20.1. The molecule has 0 heterocycles. The van der Waals surface area contributed by atoms with Gasteiger partial charge in [-0.15, -0.1) is 0 Å². The molecule has 0 aromatic heterocycles. The van der Waals surface area contributed by atoms with Crippen molar-refractivity contribution in [2.24, 2.45) is 23.2 Å². The minimum Gasteiger partial charge on any atom is -0.388 e. The highest BCUT2D eigenvalue weighted by Crippen LogP contribution is 2.59. The van der Waals surface area contributed by atoms with Gasteiger partial charge in [-0.25, -0.2) is 0 Å². The normalized spacial score (nSPS) is 40.6. The Morgan fingerprint density at radius 3 is 2.54 bits per heavy atom. The molecule has 2 N–H and O–H groups in total. The van der Waals surface area contributed by atoms with E-state index in [4.69, 9.17) is 0 Å². The molecule has 0 amide bonds. The molecule has 0 spiro atoms. The molecule has 2 heteroatoms. The predicted molar refractivity (Wildman–Crippen MR) is 109 cm³/mol. The fraction of sp³-hybridized carbons (Fsp3) is 0.750. The lowest BCUT2D eigenvalue weighted by Crippen LogP contribution is -2.36. The smallest absolute Gasteiger partial charge is 0.0809 e. The number of fused-ring (bicyclic) bond motifs is 1. The second kappa shape index (κ2) is 8.02. The van der Waals surface area contributed by atoms with Crippen molar-refractivity contribution < 1.29 is 10.2 Å². The zero-order chi connectivity index (χ0) is 18.9. The zero-order valence-electron chi connectivity index (χ0n) is 17.0. The minimum atomic E-state index is -0.592. The van der Waals surface area contributed by atoms with Crippen LogP contribution >= 0.6 is 0 Å². The van der Waals surface area contributed by atoms with Crippen LogP contribution in [0.1, 0.15) is 78.6 Å². The highest BCUT2D eigenvalue weighted by molar-refractivity contribution is 5.29. The summed E-state index contributed by atoms with van der Waals surface area (Å²) >= 11 is 0. The quantitative estimate of drug-likeness (QED) is 0.646. The van der Waals surface area contributed by atoms with Gasteiger partial charge in [0.15, 0.2) is 0 Å². The molecule has 3 aliphatic carbocycles. The number of allylic oxidation sites excluding steroid dienone is 3. The monoisotopic (exact) mass is 358 g/mol. The second-order valence-electron chi connectivity index (χ2n) is 9.44. The molecule has 2 nitrogen and oxygen atoms in total. The number of hydrogen-bond acceptors (Lipinski definition) is 2. The molecule has 0 radical (unpaired) electrons. The third-order valence-corrected chi connectivity index (χ3v) is 7.77. The van der Waals surface area contributed by atoms with Gasteiger partial charge in [0.05, 0.1) is 12.2 Å². The average molecular weight is 359 g/mol. The summed E-state index contributed by atoms with van der Waals surface area (Å²) in [5.41, 5.74) is 3.82. The molecule has 26 heavy (non-hydrogen) atoms. The first-order valence-electron chi connectivity index (χ1n) is 10.8. The van der Waals surface area contributed by atoms with E-state index < -0.39 is 12.2 Å². The number of hydrogen-bond donors (Lipinski definition) is 2. The molecule has 0 bridgehead atoms. The number of aliphatic hydroxyl groups is 2.